The molecule has 0 bridgehead atoms. The molecule has 0 fully saturated rings. The van der Waals surface area contributed by atoms with Gasteiger partial charge in [-0.25, -0.2) is 15.0 Å². The summed E-state index contributed by atoms with van der Waals surface area (Å²) < 4.78 is 7.52. The second-order valence-corrected chi connectivity index (χ2v) is 7.01. The van der Waals surface area contributed by atoms with E-state index in [9.17, 15) is 0 Å². The molecule has 0 saturated heterocycles. The first-order valence-electron chi connectivity index (χ1n) is 10.3. The van der Waals surface area contributed by atoms with Crippen LogP contribution in [-0.4, -0.2) is 75.0 Å². The van der Waals surface area contributed by atoms with Gasteiger partial charge < -0.3 is 15.0 Å². The normalized spacial score (nSPS) is 11.4. The van der Waals surface area contributed by atoms with E-state index in [-0.39, 0.29) is 0 Å². The molecule has 3 aromatic heterocycles. The molecule has 0 amide bonds. The standard InChI is InChI=1S/C20H31N9O/c1-6-28(7-2)13-15-17-18(29(26-15)11-12-30-8-3)19(25-20(24-17)27(4)5)23-16-9-10-21-14-22-16/h9-10,14H,6-8,11-13H2,1-5H3,(H,21,22,23,24,25). The molecular formula is C20H31N9O. The summed E-state index contributed by atoms with van der Waals surface area (Å²) in [7, 11) is 3.86. The van der Waals surface area contributed by atoms with E-state index in [1.807, 2.05) is 30.6 Å². The zero-order chi connectivity index (χ0) is 21.5. The Kier molecular flexibility index (Phi) is 7.47. The van der Waals surface area contributed by atoms with Crippen LogP contribution in [0.3, 0.4) is 0 Å². The molecule has 30 heavy (non-hydrogen) atoms. The minimum absolute atomic E-state index is 0.570. The summed E-state index contributed by atoms with van der Waals surface area (Å²) in [5, 5.41) is 8.22. The lowest BCUT2D eigenvalue weighted by molar-refractivity contribution is 0.137. The van der Waals surface area contributed by atoms with Gasteiger partial charge in [-0.2, -0.15) is 10.1 Å². The molecule has 10 nitrogen and oxygen atoms in total. The number of anilines is 3. The van der Waals surface area contributed by atoms with Gasteiger partial charge in [0, 0.05) is 33.4 Å². The maximum atomic E-state index is 5.58. The smallest absolute Gasteiger partial charge is 0.227 e. The van der Waals surface area contributed by atoms with Gasteiger partial charge in [-0.3, -0.25) is 9.58 Å². The highest BCUT2D eigenvalue weighted by Crippen LogP contribution is 2.28. The third-order valence-electron chi connectivity index (χ3n) is 4.79. The minimum atomic E-state index is 0.570. The zero-order valence-electron chi connectivity index (χ0n) is 18.5. The van der Waals surface area contributed by atoms with Crippen molar-refractivity contribution in [2.45, 2.75) is 33.9 Å². The number of nitrogens with zero attached hydrogens (tertiary/aromatic N) is 8. The Bertz CT molecular complexity index is 938. The molecule has 162 valence electrons. The molecule has 0 aliphatic heterocycles. The van der Waals surface area contributed by atoms with Crippen LogP contribution in [0.15, 0.2) is 18.6 Å². The highest BCUT2D eigenvalue weighted by molar-refractivity contribution is 5.90. The number of hydrogen-bond acceptors (Lipinski definition) is 9. The van der Waals surface area contributed by atoms with Gasteiger partial charge in [0.2, 0.25) is 5.95 Å². The average Bonchev–Trinajstić information content (AvgIpc) is 3.10. The molecule has 0 aromatic carbocycles. The van der Waals surface area contributed by atoms with Crippen molar-refractivity contribution in [1.29, 1.82) is 0 Å². The maximum Gasteiger partial charge on any atom is 0.227 e. The summed E-state index contributed by atoms with van der Waals surface area (Å²) in [6.07, 6.45) is 3.20. The molecule has 0 radical (unpaired) electrons. The third-order valence-corrected chi connectivity index (χ3v) is 4.79. The molecule has 0 unspecified atom stereocenters. The average molecular weight is 414 g/mol. The Labute approximate surface area is 177 Å². The van der Waals surface area contributed by atoms with Crippen molar-refractivity contribution < 1.29 is 4.74 Å². The Morgan fingerprint density at radius 1 is 1.13 bits per heavy atom. The Hall–Kier alpha value is -2.85. The quantitative estimate of drug-likeness (QED) is 0.475. The molecule has 0 aliphatic rings. The topological polar surface area (TPSA) is 97.1 Å². The van der Waals surface area contributed by atoms with Gasteiger partial charge in [-0.1, -0.05) is 13.8 Å². The Balaban J connectivity index is 2.14. The van der Waals surface area contributed by atoms with Gasteiger partial charge >= 0.3 is 0 Å². The van der Waals surface area contributed by atoms with Crippen LogP contribution < -0.4 is 10.2 Å². The fourth-order valence-electron chi connectivity index (χ4n) is 3.13. The highest BCUT2D eigenvalue weighted by atomic mass is 16.5. The first-order valence-corrected chi connectivity index (χ1v) is 10.3. The minimum Gasteiger partial charge on any atom is -0.380 e. The molecule has 0 spiro atoms. The van der Waals surface area contributed by atoms with E-state index >= 15 is 0 Å². The lowest BCUT2D eigenvalue weighted by atomic mass is 10.3. The van der Waals surface area contributed by atoms with E-state index < -0.39 is 0 Å². The first-order chi connectivity index (χ1) is 14.6. The Morgan fingerprint density at radius 2 is 1.93 bits per heavy atom. The van der Waals surface area contributed by atoms with Crippen LogP contribution in [0.5, 0.6) is 0 Å². The largest absolute Gasteiger partial charge is 0.380 e. The first kappa shape index (κ1) is 21.8. The van der Waals surface area contributed by atoms with Gasteiger partial charge in [-0.05, 0) is 26.1 Å². The van der Waals surface area contributed by atoms with E-state index in [2.05, 4.69) is 34.0 Å². The molecule has 0 atom stereocenters. The molecule has 0 saturated carbocycles. The molecular weight excluding hydrogens is 382 g/mol. The maximum absolute atomic E-state index is 5.58. The second kappa shape index (κ2) is 10.3. The third kappa shape index (κ3) is 5.00. The van der Waals surface area contributed by atoms with Gasteiger partial charge in [0.25, 0.3) is 0 Å². The molecule has 1 N–H and O–H groups in total. The van der Waals surface area contributed by atoms with E-state index in [0.717, 1.165) is 36.4 Å². The number of aromatic nitrogens is 6. The van der Waals surface area contributed by atoms with Crippen molar-refractivity contribution in [2.24, 2.45) is 0 Å². The summed E-state index contributed by atoms with van der Waals surface area (Å²) in [4.78, 5) is 22.1. The van der Waals surface area contributed by atoms with Crippen molar-refractivity contribution in [3.63, 3.8) is 0 Å². The predicted octanol–water partition coefficient (Wildman–Crippen LogP) is 2.30. The van der Waals surface area contributed by atoms with Crippen LogP contribution in [-0.2, 0) is 17.8 Å². The van der Waals surface area contributed by atoms with Crippen molar-refractivity contribution in [3.05, 3.63) is 24.3 Å². The van der Waals surface area contributed by atoms with E-state index in [4.69, 9.17) is 19.8 Å². The van der Waals surface area contributed by atoms with Crippen molar-refractivity contribution in [2.75, 3.05) is 50.6 Å². The second-order valence-electron chi connectivity index (χ2n) is 7.01. The summed E-state index contributed by atoms with van der Waals surface area (Å²) in [5.41, 5.74) is 2.62. The SMILES string of the molecule is CCOCCn1nc(CN(CC)CC)c2nc(N(C)C)nc(Nc3ccncn3)c21. The lowest BCUT2D eigenvalue weighted by Crippen LogP contribution is -2.22. The summed E-state index contributed by atoms with van der Waals surface area (Å²) in [5.74, 6) is 1.94. The van der Waals surface area contributed by atoms with E-state index in [1.54, 1.807) is 12.3 Å². The van der Waals surface area contributed by atoms with Gasteiger partial charge in [0.1, 0.15) is 28.9 Å². The number of rotatable bonds is 11. The number of hydrogen-bond donors (Lipinski definition) is 1. The molecule has 10 heteroatoms. The van der Waals surface area contributed by atoms with Crippen molar-refractivity contribution in [1.82, 2.24) is 34.6 Å². The number of fused-ring (bicyclic) bond motifs is 1. The van der Waals surface area contributed by atoms with Gasteiger partial charge in [0.15, 0.2) is 5.82 Å². The fraction of sp³-hybridized carbons (Fsp3) is 0.550. The van der Waals surface area contributed by atoms with Crippen LogP contribution in [0.25, 0.3) is 11.0 Å². The van der Waals surface area contributed by atoms with Crippen molar-refractivity contribution in [3.8, 4) is 0 Å². The van der Waals surface area contributed by atoms with Gasteiger partial charge in [-0.15, -0.1) is 0 Å². The van der Waals surface area contributed by atoms with Gasteiger partial charge in [0.05, 0.1) is 13.2 Å². The number of nitrogens with one attached hydrogen (secondary N) is 1. The lowest BCUT2D eigenvalue weighted by Gasteiger charge is -2.17. The molecule has 3 rings (SSSR count). The van der Waals surface area contributed by atoms with E-state index in [1.165, 1.54) is 6.33 Å². The molecule has 3 aromatic rings. The predicted molar refractivity (Wildman–Crippen MR) is 118 cm³/mol. The fourth-order valence-corrected chi connectivity index (χ4v) is 3.13. The monoisotopic (exact) mass is 413 g/mol. The highest BCUT2D eigenvalue weighted by Gasteiger charge is 2.21. The summed E-state index contributed by atoms with van der Waals surface area (Å²) >= 11 is 0. The zero-order valence-corrected chi connectivity index (χ0v) is 18.5. The molecule has 3 heterocycles. The van der Waals surface area contributed by atoms with Crippen LogP contribution in [0.2, 0.25) is 0 Å². The van der Waals surface area contributed by atoms with Crippen LogP contribution >= 0.6 is 0 Å². The van der Waals surface area contributed by atoms with Crippen LogP contribution in [0.1, 0.15) is 26.5 Å². The van der Waals surface area contributed by atoms with Crippen LogP contribution in [0, 0.1) is 0 Å². The van der Waals surface area contributed by atoms with Crippen molar-refractivity contribution >= 4 is 28.6 Å². The van der Waals surface area contributed by atoms with Crippen LogP contribution in [0.4, 0.5) is 17.6 Å². The summed E-state index contributed by atoms with van der Waals surface area (Å²) in [6.45, 7) is 10.8. The Morgan fingerprint density at radius 3 is 2.57 bits per heavy atom. The summed E-state index contributed by atoms with van der Waals surface area (Å²) in [6, 6.07) is 1.81. The molecule has 0 aliphatic carbocycles. The number of ether oxygens (including phenoxy) is 1. The van der Waals surface area contributed by atoms with E-state index in [0.29, 0.717) is 37.3 Å².